The molecule has 1 aliphatic carbocycles. The summed E-state index contributed by atoms with van der Waals surface area (Å²) in [5, 5.41) is 2.98. The molecule has 2 aromatic rings. The van der Waals surface area contributed by atoms with E-state index in [1.807, 2.05) is 69.3 Å². The van der Waals surface area contributed by atoms with Crippen LogP contribution >= 0.6 is 0 Å². The third kappa shape index (κ3) is 3.88. The Hall–Kier alpha value is -2.49. The van der Waals surface area contributed by atoms with E-state index in [2.05, 4.69) is 11.4 Å². The summed E-state index contributed by atoms with van der Waals surface area (Å²) in [6, 6.07) is 17.5. The zero-order chi connectivity index (χ0) is 17.2. The van der Waals surface area contributed by atoms with Crippen molar-refractivity contribution in [1.29, 1.82) is 0 Å². The van der Waals surface area contributed by atoms with Crippen LogP contribution in [0.1, 0.15) is 37.9 Å². The van der Waals surface area contributed by atoms with E-state index in [0.717, 1.165) is 17.7 Å². The maximum atomic E-state index is 12.2. The molecule has 0 aliphatic heterocycles. The lowest BCUT2D eigenvalue weighted by molar-refractivity contribution is 0.0455. The molecule has 4 nitrogen and oxygen atoms in total. The molecule has 4 heteroatoms. The fourth-order valence-corrected chi connectivity index (χ4v) is 2.95. The number of rotatable bonds is 3. The number of amides is 1. The van der Waals surface area contributed by atoms with Gasteiger partial charge in [-0.05, 0) is 44.0 Å². The Balaban J connectivity index is 1.79. The minimum Gasteiger partial charge on any atom is -0.488 e. The highest BCUT2D eigenvalue weighted by Gasteiger charge is 2.36. The summed E-state index contributed by atoms with van der Waals surface area (Å²) in [6.07, 6.45) is 0.175. The van der Waals surface area contributed by atoms with Gasteiger partial charge in [0.15, 0.2) is 0 Å². The normalized spacial score (nSPS) is 19.5. The maximum Gasteiger partial charge on any atom is 0.408 e. The highest BCUT2D eigenvalue weighted by molar-refractivity contribution is 5.69. The zero-order valence-corrected chi connectivity index (χ0v) is 14.3. The van der Waals surface area contributed by atoms with Gasteiger partial charge in [-0.15, -0.1) is 0 Å². The third-order valence-electron chi connectivity index (χ3n) is 3.89. The molecule has 0 saturated carbocycles. The van der Waals surface area contributed by atoms with Crippen LogP contribution in [0, 0.1) is 0 Å². The second-order valence-corrected chi connectivity index (χ2v) is 7.00. The predicted molar refractivity (Wildman–Crippen MR) is 93.1 cm³/mol. The average molecular weight is 325 g/mol. The molecule has 0 heterocycles. The first-order valence-corrected chi connectivity index (χ1v) is 8.21. The van der Waals surface area contributed by atoms with E-state index < -0.39 is 11.7 Å². The summed E-state index contributed by atoms with van der Waals surface area (Å²) >= 11 is 0. The molecule has 1 aliphatic rings. The second kappa shape index (κ2) is 6.56. The highest BCUT2D eigenvalue weighted by atomic mass is 16.6. The van der Waals surface area contributed by atoms with Gasteiger partial charge in [0.05, 0.1) is 6.04 Å². The lowest BCUT2D eigenvalue weighted by Crippen LogP contribution is -2.39. The Labute approximate surface area is 142 Å². The van der Waals surface area contributed by atoms with Crippen LogP contribution in [0.5, 0.6) is 5.75 Å². The number of hydrogen-bond donors (Lipinski definition) is 1. The molecule has 126 valence electrons. The van der Waals surface area contributed by atoms with E-state index in [1.165, 1.54) is 5.56 Å². The molecule has 0 spiro atoms. The molecule has 0 aromatic heterocycles. The van der Waals surface area contributed by atoms with Crippen molar-refractivity contribution in [2.75, 3.05) is 0 Å². The Morgan fingerprint density at radius 2 is 1.71 bits per heavy atom. The number of para-hydroxylation sites is 1. The number of alkyl carbamates (subject to hydrolysis) is 1. The van der Waals surface area contributed by atoms with Crippen molar-refractivity contribution >= 4 is 6.09 Å². The molecule has 1 N–H and O–H groups in total. The zero-order valence-electron chi connectivity index (χ0n) is 14.3. The van der Waals surface area contributed by atoms with E-state index in [0.29, 0.717) is 0 Å². The summed E-state index contributed by atoms with van der Waals surface area (Å²) in [4.78, 5) is 12.2. The van der Waals surface area contributed by atoms with E-state index >= 15 is 0 Å². The van der Waals surface area contributed by atoms with Crippen molar-refractivity contribution in [2.24, 2.45) is 0 Å². The summed E-state index contributed by atoms with van der Waals surface area (Å²) in [5.74, 6) is 0.797. The van der Waals surface area contributed by atoms with Gasteiger partial charge >= 0.3 is 6.09 Å². The first-order valence-electron chi connectivity index (χ1n) is 8.21. The van der Waals surface area contributed by atoms with Gasteiger partial charge in [-0.25, -0.2) is 4.79 Å². The molecular formula is C20H23NO3. The van der Waals surface area contributed by atoms with Gasteiger partial charge in [0, 0.05) is 6.42 Å². The van der Waals surface area contributed by atoms with Gasteiger partial charge < -0.3 is 14.8 Å². The van der Waals surface area contributed by atoms with Crippen LogP contribution in [0.15, 0.2) is 54.6 Å². The number of ether oxygens (including phenoxy) is 2. The minimum atomic E-state index is -0.530. The minimum absolute atomic E-state index is 0.155. The van der Waals surface area contributed by atoms with Crippen molar-refractivity contribution in [3.8, 4) is 5.75 Å². The molecule has 0 fully saturated rings. The van der Waals surface area contributed by atoms with E-state index in [9.17, 15) is 4.79 Å². The predicted octanol–water partition coefficient (Wildman–Crippen LogP) is 4.26. The fraction of sp³-hybridized carbons (Fsp3) is 0.350. The molecule has 0 bridgehead atoms. The van der Waals surface area contributed by atoms with Gasteiger partial charge in [0.25, 0.3) is 0 Å². The van der Waals surface area contributed by atoms with Crippen LogP contribution in [-0.4, -0.2) is 17.8 Å². The third-order valence-corrected chi connectivity index (χ3v) is 3.89. The molecule has 1 amide bonds. The van der Waals surface area contributed by atoms with Gasteiger partial charge in [0.1, 0.15) is 17.5 Å². The Bertz CT molecular complexity index is 706. The largest absolute Gasteiger partial charge is 0.488 e. The summed E-state index contributed by atoms with van der Waals surface area (Å²) in [7, 11) is 0. The topological polar surface area (TPSA) is 47.6 Å². The maximum absolute atomic E-state index is 12.2. The molecule has 2 aromatic carbocycles. The molecule has 0 radical (unpaired) electrons. The van der Waals surface area contributed by atoms with Crippen LogP contribution in [0.25, 0.3) is 0 Å². The van der Waals surface area contributed by atoms with Gasteiger partial charge in [-0.3, -0.25) is 0 Å². The van der Waals surface area contributed by atoms with Crippen molar-refractivity contribution < 1.29 is 14.3 Å². The second-order valence-electron chi connectivity index (χ2n) is 7.00. The van der Waals surface area contributed by atoms with Crippen LogP contribution in [0.2, 0.25) is 0 Å². The Morgan fingerprint density at radius 3 is 2.42 bits per heavy atom. The van der Waals surface area contributed by atoms with E-state index in [-0.39, 0.29) is 12.1 Å². The van der Waals surface area contributed by atoms with E-state index in [1.54, 1.807) is 0 Å². The molecule has 3 rings (SSSR count). The quantitative estimate of drug-likeness (QED) is 0.917. The van der Waals surface area contributed by atoms with Crippen molar-refractivity contribution in [3.05, 3.63) is 65.7 Å². The summed E-state index contributed by atoms with van der Waals surface area (Å²) < 4.78 is 11.5. The number of benzene rings is 2. The molecule has 0 unspecified atom stereocenters. The van der Waals surface area contributed by atoms with Crippen LogP contribution < -0.4 is 10.1 Å². The fourth-order valence-electron chi connectivity index (χ4n) is 2.95. The average Bonchev–Trinajstić information content (AvgIpc) is 2.84. The highest BCUT2D eigenvalue weighted by Crippen LogP contribution is 2.34. The lowest BCUT2D eigenvalue weighted by Gasteiger charge is -2.26. The van der Waals surface area contributed by atoms with Crippen LogP contribution in [0.3, 0.4) is 0 Å². The van der Waals surface area contributed by atoms with Crippen molar-refractivity contribution in [1.82, 2.24) is 5.32 Å². The number of hydrogen-bond acceptors (Lipinski definition) is 3. The summed E-state index contributed by atoms with van der Waals surface area (Å²) in [5.41, 5.74) is 1.75. The molecule has 24 heavy (non-hydrogen) atoms. The first-order chi connectivity index (χ1) is 11.4. The van der Waals surface area contributed by atoms with E-state index in [4.69, 9.17) is 9.47 Å². The molecular weight excluding hydrogens is 302 g/mol. The summed E-state index contributed by atoms with van der Waals surface area (Å²) in [6.45, 7) is 5.56. The number of carbonyl (C=O) groups is 1. The number of fused-ring (bicyclic) bond motifs is 1. The lowest BCUT2D eigenvalue weighted by atomic mass is 10.1. The number of nitrogens with one attached hydrogen (secondary N) is 1. The van der Waals surface area contributed by atoms with Gasteiger partial charge in [0.2, 0.25) is 0 Å². The molecule has 2 atom stereocenters. The standard InChI is InChI=1S/C20H23NO3/c1-20(2,3)24-19(22)21-18-16-12-8-7-9-14(16)13-17(18)23-15-10-5-4-6-11-15/h4-12,17-18H,13H2,1-3H3,(H,21,22)/t17-,18-/m1/s1. The smallest absolute Gasteiger partial charge is 0.408 e. The first kappa shape index (κ1) is 16.4. The van der Waals surface area contributed by atoms with Gasteiger partial charge in [-0.2, -0.15) is 0 Å². The molecule has 0 saturated heterocycles. The van der Waals surface area contributed by atoms with Crippen LogP contribution in [0.4, 0.5) is 4.79 Å². The van der Waals surface area contributed by atoms with Crippen LogP contribution in [-0.2, 0) is 11.2 Å². The SMILES string of the molecule is CC(C)(C)OC(=O)N[C@@H]1c2ccccc2C[C@H]1Oc1ccccc1. The van der Waals surface area contributed by atoms with Gasteiger partial charge in [-0.1, -0.05) is 42.5 Å². The monoisotopic (exact) mass is 325 g/mol. The van der Waals surface area contributed by atoms with Crippen molar-refractivity contribution in [2.45, 2.75) is 44.9 Å². The Morgan fingerprint density at radius 1 is 1.04 bits per heavy atom. The van der Waals surface area contributed by atoms with Crippen molar-refractivity contribution in [3.63, 3.8) is 0 Å². The number of carbonyl (C=O) groups excluding carboxylic acids is 1. The Kier molecular flexibility index (Phi) is 4.47.